The predicted octanol–water partition coefficient (Wildman–Crippen LogP) is 4.27. The summed E-state index contributed by atoms with van der Waals surface area (Å²) in [5.74, 6) is 0.836. The van der Waals surface area contributed by atoms with Crippen LogP contribution in [-0.4, -0.2) is 13.0 Å². The molecule has 0 radical (unpaired) electrons. The van der Waals surface area contributed by atoms with Gasteiger partial charge in [-0.1, -0.05) is 54.6 Å². The number of carbonyl (C=O) groups is 1. The zero-order chi connectivity index (χ0) is 16.9. The van der Waals surface area contributed by atoms with E-state index in [4.69, 9.17) is 4.74 Å². The van der Waals surface area contributed by atoms with E-state index in [0.29, 0.717) is 6.42 Å². The second-order valence-electron chi connectivity index (χ2n) is 5.88. The maximum absolute atomic E-state index is 12.4. The maximum atomic E-state index is 12.4. The van der Waals surface area contributed by atoms with Gasteiger partial charge >= 0.3 is 0 Å². The van der Waals surface area contributed by atoms with Crippen LogP contribution >= 0.6 is 0 Å². The Labute approximate surface area is 142 Å². The van der Waals surface area contributed by atoms with Gasteiger partial charge < -0.3 is 10.1 Å². The zero-order valence-electron chi connectivity index (χ0n) is 14.0. The van der Waals surface area contributed by atoms with Gasteiger partial charge in [0.05, 0.1) is 19.6 Å². The average molecular weight is 319 g/mol. The van der Waals surface area contributed by atoms with Crippen LogP contribution in [-0.2, 0) is 11.2 Å². The molecular formula is C21H21NO2. The summed E-state index contributed by atoms with van der Waals surface area (Å²) in [6, 6.07) is 21.9. The Morgan fingerprint density at radius 1 is 1.00 bits per heavy atom. The summed E-state index contributed by atoms with van der Waals surface area (Å²) in [5.41, 5.74) is 2.11. The largest absolute Gasteiger partial charge is 0.497 e. The monoisotopic (exact) mass is 319 g/mol. The van der Waals surface area contributed by atoms with E-state index in [1.165, 1.54) is 0 Å². The molecular weight excluding hydrogens is 298 g/mol. The number of carbonyl (C=O) groups excluding carboxylic acids is 1. The Balaban J connectivity index is 1.70. The Morgan fingerprint density at radius 2 is 1.71 bits per heavy atom. The summed E-state index contributed by atoms with van der Waals surface area (Å²) in [6.07, 6.45) is 0.377. The fraction of sp³-hybridized carbons (Fsp3) is 0.190. The molecule has 3 rings (SSSR count). The number of fused-ring (bicyclic) bond motifs is 1. The molecule has 1 N–H and O–H groups in total. The molecule has 0 spiro atoms. The summed E-state index contributed by atoms with van der Waals surface area (Å²) in [4.78, 5) is 12.4. The summed E-state index contributed by atoms with van der Waals surface area (Å²) in [5, 5.41) is 5.36. The lowest BCUT2D eigenvalue weighted by atomic mass is 10.0. The van der Waals surface area contributed by atoms with Gasteiger partial charge in [0.1, 0.15) is 5.75 Å². The van der Waals surface area contributed by atoms with Gasteiger partial charge in [0, 0.05) is 0 Å². The van der Waals surface area contributed by atoms with E-state index in [2.05, 4.69) is 23.5 Å². The quantitative estimate of drug-likeness (QED) is 0.763. The lowest BCUT2D eigenvalue weighted by Gasteiger charge is -2.15. The van der Waals surface area contributed by atoms with E-state index in [0.717, 1.165) is 27.6 Å². The van der Waals surface area contributed by atoms with E-state index in [-0.39, 0.29) is 11.9 Å². The number of nitrogens with one attached hydrogen (secondary N) is 1. The van der Waals surface area contributed by atoms with Crippen molar-refractivity contribution >= 4 is 16.7 Å². The predicted molar refractivity (Wildman–Crippen MR) is 97.2 cm³/mol. The normalized spacial score (nSPS) is 11.9. The number of rotatable bonds is 5. The van der Waals surface area contributed by atoms with E-state index >= 15 is 0 Å². The van der Waals surface area contributed by atoms with Gasteiger partial charge in [-0.05, 0) is 41.0 Å². The summed E-state index contributed by atoms with van der Waals surface area (Å²) in [7, 11) is 1.64. The van der Waals surface area contributed by atoms with E-state index in [1.54, 1.807) is 7.11 Å². The van der Waals surface area contributed by atoms with Crippen molar-refractivity contribution in [2.45, 2.75) is 19.4 Å². The molecule has 0 aliphatic carbocycles. The number of hydrogen-bond donors (Lipinski definition) is 1. The fourth-order valence-corrected chi connectivity index (χ4v) is 2.89. The van der Waals surface area contributed by atoms with Gasteiger partial charge in [-0.15, -0.1) is 0 Å². The highest BCUT2D eigenvalue weighted by Gasteiger charge is 2.11. The van der Waals surface area contributed by atoms with Crippen molar-refractivity contribution < 1.29 is 9.53 Å². The maximum Gasteiger partial charge on any atom is 0.224 e. The van der Waals surface area contributed by atoms with Gasteiger partial charge in [-0.2, -0.15) is 0 Å². The van der Waals surface area contributed by atoms with Crippen LogP contribution in [0.4, 0.5) is 0 Å². The molecule has 24 heavy (non-hydrogen) atoms. The van der Waals surface area contributed by atoms with Crippen LogP contribution in [0.5, 0.6) is 5.75 Å². The molecule has 0 aliphatic rings. The molecule has 1 amide bonds. The molecule has 0 unspecified atom stereocenters. The van der Waals surface area contributed by atoms with Crippen LogP contribution in [0.15, 0.2) is 66.7 Å². The zero-order valence-corrected chi connectivity index (χ0v) is 14.0. The van der Waals surface area contributed by atoms with Crippen molar-refractivity contribution in [3.63, 3.8) is 0 Å². The van der Waals surface area contributed by atoms with Gasteiger partial charge in [0.15, 0.2) is 0 Å². The third kappa shape index (κ3) is 3.57. The summed E-state index contributed by atoms with van der Waals surface area (Å²) < 4.78 is 5.16. The molecule has 0 aliphatic heterocycles. The van der Waals surface area contributed by atoms with Crippen molar-refractivity contribution in [1.29, 1.82) is 0 Å². The molecule has 3 aromatic carbocycles. The van der Waals surface area contributed by atoms with E-state index < -0.39 is 0 Å². The first-order chi connectivity index (χ1) is 11.7. The topological polar surface area (TPSA) is 38.3 Å². The molecule has 1 atom stereocenters. The Hall–Kier alpha value is -2.81. The molecule has 0 saturated carbocycles. The van der Waals surface area contributed by atoms with Crippen LogP contribution in [0.3, 0.4) is 0 Å². The minimum absolute atomic E-state index is 0.0228. The van der Waals surface area contributed by atoms with Gasteiger partial charge in [-0.3, -0.25) is 4.79 Å². The SMILES string of the molecule is COc1ccc([C@@H](C)NC(=O)Cc2cccc3ccccc23)cc1. The first-order valence-corrected chi connectivity index (χ1v) is 8.07. The summed E-state index contributed by atoms with van der Waals surface area (Å²) >= 11 is 0. The highest BCUT2D eigenvalue weighted by atomic mass is 16.5. The summed E-state index contributed by atoms with van der Waals surface area (Å²) in [6.45, 7) is 1.99. The van der Waals surface area contributed by atoms with Crippen molar-refractivity contribution in [2.24, 2.45) is 0 Å². The van der Waals surface area contributed by atoms with Crippen molar-refractivity contribution in [2.75, 3.05) is 7.11 Å². The van der Waals surface area contributed by atoms with Gasteiger partial charge in [0.2, 0.25) is 5.91 Å². The molecule has 3 nitrogen and oxygen atoms in total. The number of methoxy groups -OCH3 is 1. The Kier molecular flexibility index (Phi) is 4.80. The molecule has 0 heterocycles. The van der Waals surface area contributed by atoms with Crippen LogP contribution in [0.25, 0.3) is 10.8 Å². The molecule has 0 fully saturated rings. The van der Waals surface area contributed by atoms with Crippen LogP contribution in [0.1, 0.15) is 24.1 Å². The fourth-order valence-electron chi connectivity index (χ4n) is 2.89. The average Bonchev–Trinajstić information content (AvgIpc) is 2.62. The Morgan fingerprint density at radius 3 is 2.46 bits per heavy atom. The minimum Gasteiger partial charge on any atom is -0.497 e. The molecule has 0 aromatic heterocycles. The molecule has 122 valence electrons. The second kappa shape index (κ2) is 7.18. The molecule has 0 saturated heterocycles. The Bertz CT molecular complexity index is 835. The second-order valence-corrected chi connectivity index (χ2v) is 5.88. The smallest absolute Gasteiger partial charge is 0.224 e. The number of hydrogen-bond acceptors (Lipinski definition) is 2. The molecule has 3 aromatic rings. The van der Waals surface area contributed by atoms with Gasteiger partial charge in [-0.25, -0.2) is 0 Å². The van der Waals surface area contributed by atoms with Crippen LogP contribution in [0, 0.1) is 0 Å². The minimum atomic E-state index is -0.0432. The third-order valence-electron chi connectivity index (χ3n) is 4.22. The van der Waals surface area contributed by atoms with Crippen molar-refractivity contribution in [1.82, 2.24) is 5.32 Å². The van der Waals surface area contributed by atoms with E-state index in [1.807, 2.05) is 55.5 Å². The number of benzene rings is 3. The van der Waals surface area contributed by atoms with Gasteiger partial charge in [0.25, 0.3) is 0 Å². The third-order valence-corrected chi connectivity index (χ3v) is 4.22. The first-order valence-electron chi connectivity index (χ1n) is 8.07. The van der Waals surface area contributed by atoms with Crippen molar-refractivity contribution in [3.8, 4) is 5.75 Å². The highest BCUT2D eigenvalue weighted by molar-refractivity contribution is 5.90. The number of amides is 1. The number of ether oxygens (including phenoxy) is 1. The highest BCUT2D eigenvalue weighted by Crippen LogP contribution is 2.20. The van der Waals surface area contributed by atoms with E-state index in [9.17, 15) is 4.79 Å². The van der Waals surface area contributed by atoms with Crippen LogP contribution < -0.4 is 10.1 Å². The van der Waals surface area contributed by atoms with Crippen molar-refractivity contribution in [3.05, 3.63) is 77.9 Å². The first kappa shape index (κ1) is 16.1. The molecule has 3 heteroatoms. The van der Waals surface area contributed by atoms with Crippen LogP contribution in [0.2, 0.25) is 0 Å². The molecule has 0 bridgehead atoms. The lowest BCUT2D eigenvalue weighted by molar-refractivity contribution is -0.121. The standard InChI is InChI=1S/C21H21NO2/c1-15(16-10-12-19(24-2)13-11-16)22-21(23)14-18-8-5-7-17-6-3-4-9-20(17)18/h3-13,15H,14H2,1-2H3,(H,22,23)/t15-/m1/s1. The lowest BCUT2D eigenvalue weighted by Crippen LogP contribution is -2.28.